The number of hydrogen-bond donors (Lipinski definition) is 4. The van der Waals surface area contributed by atoms with Crippen LogP contribution in [0.4, 0.5) is 0 Å². The first-order valence-corrected chi connectivity index (χ1v) is 21.5. The Bertz CT molecular complexity index is 2310. The van der Waals surface area contributed by atoms with Crippen LogP contribution in [0.3, 0.4) is 0 Å². The van der Waals surface area contributed by atoms with E-state index >= 15 is 0 Å². The first kappa shape index (κ1) is 42.7. The highest BCUT2D eigenvalue weighted by molar-refractivity contribution is 7.09. The Labute approximate surface area is 358 Å². The lowest BCUT2D eigenvalue weighted by molar-refractivity contribution is -0.144. The van der Waals surface area contributed by atoms with Crippen LogP contribution >= 0.6 is 11.3 Å². The van der Waals surface area contributed by atoms with E-state index in [2.05, 4.69) is 16.0 Å². The van der Waals surface area contributed by atoms with E-state index in [9.17, 15) is 33.9 Å². The van der Waals surface area contributed by atoms with E-state index in [1.807, 2.05) is 102 Å². The van der Waals surface area contributed by atoms with E-state index in [0.29, 0.717) is 17.7 Å². The molecular formula is C49H49N3O8S. The summed E-state index contributed by atoms with van der Waals surface area (Å²) in [5, 5.41) is 20.4. The number of fused-ring (bicyclic) bond motifs is 16. The minimum Gasteiger partial charge on any atom is -0.486 e. The van der Waals surface area contributed by atoms with Crippen molar-refractivity contribution in [3.05, 3.63) is 148 Å². The molecule has 1 fully saturated rings. The van der Waals surface area contributed by atoms with Crippen molar-refractivity contribution in [2.24, 2.45) is 11.8 Å². The van der Waals surface area contributed by atoms with Gasteiger partial charge in [0.25, 0.3) is 0 Å². The van der Waals surface area contributed by atoms with Gasteiger partial charge in [-0.1, -0.05) is 103 Å². The highest BCUT2D eigenvalue weighted by Gasteiger charge is 2.52. The molecule has 0 radical (unpaired) electrons. The second kappa shape index (κ2) is 19.8. The summed E-state index contributed by atoms with van der Waals surface area (Å²) >= 11 is 1.47. The lowest BCUT2D eigenvalue weighted by Gasteiger charge is -2.26. The minimum atomic E-state index is -1.37. The normalized spacial score (nSPS) is 20.9. The van der Waals surface area contributed by atoms with Gasteiger partial charge in [0, 0.05) is 36.0 Å². The predicted octanol–water partition coefficient (Wildman–Crippen LogP) is 6.32. The summed E-state index contributed by atoms with van der Waals surface area (Å²) in [6.07, 6.45) is 1.26. The number of carboxylic acid groups (broad SMARTS) is 1. The number of thiophene rings is 1. The van der Waals surface area contributed by atoms with E-state index in [1.54, 1.807) is 24.3 Å². The van der Waals surface area contributed by atoms with Gasteiger partial charge in [-0.25, -0.2) is 4.79 Å². The lowest BCUT2D eigenvalue weighted by atomic mass is 9.89. The van der Waals surface area contributed by atoms with Gasteiger partial charge in [-0.2, -0.15) is 0 Å². The Morgan fingerprint density at radius 2 is 1.38 bits per heavy atom. The number of ether oxygens (including phenoxy) is 1. The van der Waals surface area contributed by atoms with E-state index < -0.39 is 58.9 Å². The van der Waals surface area contributed by atoms with Gasteiger partial charge in [-0.05, 0) is 89.9 Å². The molecule has 0 spiro atoms. The molecule has 2 aliphatic heterocycles. The predicted molar refractivity (Wildman–Crippen MR) is 232 cm³/mol. The van der Waals surface area contributed by atoms with Crippen LogP contribution < -0.4 is 20.7 Å². The van der Waals surface area contributed by atoms with Crippen molar-refractivity contribution in [1.82, 2.24) is 16.0 Å². The average Bonchev–Trinajstić information content (AvgIpc) is 3.88. The Balaban J connectivity index is 1.22. The quantitative estimate of drug-likeness (QED) is 0.120. The molecule has 0 unspecified atom stereocenters. The molecule has 4 aromatic carbocycles. The number of hydrogen-bond acceptors (Lipinski definition) is 8. The molecule has 8 rings (SSSR count). The van der Waals surface area contributed by atoms with Crippen LogP contribution in [0.2, 0.25) is 0 Å². The first-order chi connectivity index (χ1) is 29.5. The molecule has 61 heavy (non-hydrogen) atoms. The Kier molecular flexibility index (Phi) is 13.8. The second-order valence-corrected chi connectivity index (χ2v) is 17.0. The highest BCUT2D eigenvalue weighted by Crippen LogP contribution is 2.36. The smallest absolute Gasteiger partial charge is 0.329 e. The summed E-state index contributed by atoms with van der Waals surface area (Å²) in [5.74, 6) is -4.85. The molecule has 3 heterocycles. The van der Waals surface area contributed by atoms with Gasteiger partial charge in [0.15, 0.2) is 11.6 Å². The fraction of sp³-hybridized carbons (Fsp3) is 0.306. The van der Waals surface area contributed by atoms with Gasteiger partial charge in [-0.3, -0.25) is 24.0 Å². The molecule has 5 aromatic rings. The molecule has 12 heteroatoms. The third-order valence-corrected chi connectivity index (χ3v) is 12.3. The zero-order chi connectivity index (χ0) is 42.8. The largest absolute Gasteiger partial charge is 0.486 e. The van der Waals surface area contributed by atoms with Crippen molar-refractivity contribution >= 4 is 46.6 Å². The fourth-order valence-electron chi connectivity index (χ4n) is 7.67. The summed E-state index contributed by atoms with van der Waals surface area (Å²) < 4.78 is 5.84. The molecule has 2 bridgehead atoms. The summed E-state index contributed by atoms with van der Waals surface area (Å²) in [5.41, 5.74) is 3.03. The molecule has 1 aromatic heterocycles. The van der Waals surface area contributed by atoms with E-state index in [1.165, 1.54) is 11.3 Å². The average molecular weight is 840 g/mol. The monoisotopic (exact) mass is 839 g/mol. The van der Waals surface area contributed by atoms with Crippen LogP contribution in [-0.4, -0.2) is 64.6 Å². The van der Waals surface area contributed by atoms with E-state index in [0.717, 1.165) is 27.1 Å². The zero-order valence-corrected chi connectivity index (χ0v) is 34.5. The topological polar surface area (TPSA) is 168 Å². The van der Waals surface area contributed by atoms with Crippen molar-refractivity contribution < 1.29 is 38.6 Å². The summed E-state index contributed by atoms with van der Waals surface area (Å²) in [6, 6.07) is 35.5. The highest BCUT2D eigenvalue weighted by atomic mass is 32.1. The zero-order valence-electron chi connectivity index (χ0n) is 33.7. The van der Waals surface area contributed by atoms with Gasteiger partial charge in [0.05, 0.1) is 6.04 Å². The minimum absolute atomic E-state index is 0.0886. The van der Waals surface area contributed by atoms with Crippen molar-refractivity contribution in [2.75, 3.05) is 6.61 Å². The third kappa shape index (κ3) is 11.7. The van der Waals surface area contributed by atoms with Crippen molar-refractivity contribution in [3.8, 4) is 16.9 Å². The molecule has 4 atom stereocenters. The molecule has 4 N–H and O–H groups in total. The molecule has 0 saturated heterocycles. The number of benzene rings is 4. The van der Waals surface area contributed by atoms with Gasteiger partial charge in [0.1, 0.15) is 23.9 Å². The number of carboxylic acids is 1. The molecule has 314 valence electrons. The van der Waals surface area contributed by atoms with Crippen LogP contribution in [-0.2, 0) is 54.5 Å². The van der Waals surface area contributed by atoms with Gasteiger partial charge >= 0.3 is 5.97 Å². The van der Waals surface area contributed by atoms with Crippen LogP contribution in [0.15, 0.2) is 127 Å². The molecule has 3 amide bonds. The Morgan fingerprint density at radius 3 is 2.03 bits per heavy atom. The second-order valence-electron chi connectivity index (χ2n) is 16.0. The molecule has 1 aliphatic carbocycles. The number of rotatable bonds is 11. The molecule has 1 saturated carbocycles. The van der Waals surface area contributed by atoms with Gasteiger partial charge in [0.2, 0.25) is 17.7 Å². The van der Waals surface area contributed by atoms with Crippen molar-refractivity contribution in [1.29, 1.82) is 0 Å². The van der Waals surface area contributed by atoms with Crippen LogP contribution in [0, 0.1) is 11.8 Å². The van der Waals surface area contributed by atoms with Crippen molar-refractivity contribution in [2.45, 2.75) is 75.4 Å². The summed E-state index contributed by atoms with van der Waals surface area (Å²) in [4.78, 5) is 83.8. The number of carbonyl (C=O) groups is 6. The summed E-state index contributed by atoms with van der Waals surface area (Å²) in [7, 11) is 0. The number of Topliss-reactive ketones (excluding diaryl/α,β-unsaturated/α-hetero) is 2. The molecule has 11 nitrogen and oxygen atoms in total. The SMILES string of the molecule is O=C1COc2ccc(cc2)C[C@@H](C(=O)NC2(C(=O)O)CC2)CC(=O)[C@H](CCc2ccccc2)NC(=O)[C@@H](Cc2ccc(-c3ccccc3)cc2)NC(=O)[C@H](Cc2cccs2)C1. The number of amides is 3. The Morgan fingerprint density at radius 1 is 0.705 bits per heavy atom. The summed E-state index contributed by atoms with van der Waals surface area (Å²) in [6.45, 7) is -0.287. The number of carbonyl (C=O) groups excluding carboxylic acids is 5. The van der Waals surface area contributed by atoms with E-state index in [-0.39, 0.29) is 63.8 Å². The number of aliphatic carboxylic acids is 1. The van der Waals surface area contributed by atoms with Crippen LogP contribution in [0.1, 0.15) is 53.7 Å². The molecule has 3 aliphatic rings. The number of ketones is 2. The maximum Gasteiger partial charge on any atom is 0.329 e. The van der Waals surface area contributed by atoms with Crippen molar-refractivity contribution in [3.63, 3.8) is 0 Å². The van der Waals surface area contributed by atoms with Crippen LogP contribution in [0.25, 0.3) is 11.1 Å². The fourth-order valence-corrected chi connectivity index (χ4v) is 8.46. The molecular weight excluding hydrogens is 791 g/mol. The van der Waals surface area contributed by atoms with Gasteiger partial charge < -0.3 is 25.8 Å². The maximum atomic E-state index is 14.6. The van der Waals surface area contributed by atoms with Crippen LogP contribution in [0.5, 0.6) is 5.75 Å². The number of aryl methyl sites for hydroxylation is 1. The maximum absolute atomic E-state index is 14.6. The standard InChI is InChI=1S/C49H49N3O8S/c53-39-28-38(29-41-12-7-25-61-41)45(55)51-43(27-34-13-18-36(19-14-34)35-10-5-2-6-11-35)47(57)50-42(22-17-32-8-3-1-4-9-32)44(54)30-37(46(56)52-49(23-24-49)48(58)59)26-33-15-20-40(21-16-33)60-31-39/h1-16,18-21,25,37-38,42-43H,17,22-24,26-31H2,(H,50,57)(H,51,55)(H,52,56)(H,58,59)/t37-,38+,42+,43-/m1/s1. The number of nitrogens with one attached hydrogen (secondary N) is 3. The van der Waals surface area contributed by atoms with Gasteiger partial charge in [-0.15, -0.1) is 11.3 Å². The third-order valence-electron chi connectivity index (χ3n) is 11.4. The Hall–Kier alpha value is -6.40. The van der Waals surface area contributed by atoms with E-state index in [4.69, 9.17) is 4.74 Å². The first-order valence-electron chi connectivity index (χ1n) is 20.7. The lowest BCUT2D eigenvalue weighted by Crippen LogP contribution is -2.54.